The summed E-state index contributed by atoms with van der Waals surface area (Å²) in [6.45, 7) is 0. The number of nitrogens with zero attached hydrogens (tertiary/aromatic N) is 3. The zero-order chi connectivity index (χ0) is 14.4. The Morgan fingerprint density at radius 2 is 1.95 bits per heavy atom. The molecule has 0 saturated carbocycles. The van der Waals surface area contributed by atoms with Gasteiger partial charge in [-0.1, -0.05) is 18.2 Å². The van der Waals surface area contributed by atoms with E-state index in [1.54, 1.807) is 0 Å². The van der Waals surface area contributed by atoms with Crippen molar-refractivity contribution < 1.29 is 9.78 Å². The third-order valence-corrected chi connectivity index (χ3v) is 4.43. The van der Waals surface area contributed by atoms with Crippen molar-refractivity contribution in [3.05, 3.63) is 42.5 Å². The van der Waals surface area contributed by atoms with Gasteiger partial charge in [0, 0.05) is 14.1 Å². The van der Waals surface area contributed by atoms with Crippen LogP contribution in [-0.4, -0.2) is 25.1 Å². The van der Waals surface area contributed by atoms with Gasteiger partial charge in [0.05, 0.1) is 10.6 Å². The fraction of sp³-hybridized carbons (Fsp3) is 0.214. The number of anilines is 3. The Balaban J connectivity index is 1.74. The van der Waals surface area contributed by atoms with E-state index >= 15 is 0 Å². The first-order valence-corrected chi connectivity index (χ1v) is 7.32. The zero-order valence-corrected chi connectivity index (χ0v) is 12.4. The molecule has 0 atom stereocenters. The predicted molar refractivity (Wildman–Crippen MR) is 81.9 cm³/mol. The molecule has 4 rings (SSSR count). The Bertz CT molecular complexity index is 690. The lowest BCUT2D eigenvalue weighted by Crippen LogP contribution is -2.43. The van der Waals surface area contributed by atoms with Gasteiger partial charge in [0.1, 0.15) is 11.6 Å². The van der Waals surface area contributed by atoms with Crippen molar-refractivity contribution in [3.8, 4) is 0 Å². The molecule has 1 N–H and O–H groups in total. The number of hydrogen-bond acceptors (Lipinski definition) is 7. The molecule has 0 bridgehead atoms. The first-order valence-electron chi connectivity index (χ1n) is 6.55. The van der Waals surface area contributed by atoms with Crippen molar-refractivity contribution in [2.45, 2.75) is 10.9 Å². The Morgan fingerprint density at radius 3 is 2.71 bits per heavy atom. The third kappa shape index (κ3) is 2.10. The lowest BCUT2D eigenvalue weighted by molar-refractivity contribution is 0.0850. The fourth-order valence-corrected chi connectivity index (χ4v) is 3.13. The molecule has 2 aromatic rings. The molecule has 7 heteroatoms. The van der Waals surface area contributed by atoms with E-state index in [-0.39, 0.29) is 0 Å². The molecule has 1 fully saturated rings. The summed E-state index contributed by atoms with van der Waals surface area (Å²) in [6.07, 6.45) is 0. The van der Waals surface area contributed by atoms with Gasteiger partial charge < -0.3 is 10.2 Å². The maximum absolute atomic E-state index is 5.20. The van der Waals surface area contributed by atoms with Crippen LogP contribution in [0.15, 0.2) is 47.4 Å². The summed E-state index contributed by atoms with van der Waals surface area (Å²) in [4.78, 5) is 18.1. The maximum atomic E-state index is 5.20. The Hall–Kier alpha value is -1.96. The van der Waals surface area contributed by atoms with Crippen LogP contribution in [0, 0.1) is 0 Å². The first kappa shape index (κ1) is 12.8. The van der Waals surface area contributed by atoms with Gasteiger partial charge in [0.15, 0.2) is 0 Å². The van der Waals surface area contributed by atoms with Crippen LogP contribution in [0.2, 0.25) is 0 Å². The molecule has 2 aliphatic heterocycles. The average Bonchev–Trinajstić information content (AvgIpc) is 3.26. The van der Waals surface area contributed by atoms with E-state index in [4.69, 9.17) is 9.78 Å². The molecule has 108 valence electrons. The Kier molecular flexibility index (Phi) is 2.75. The molecular weight excluding hydrogens is 288 g/mol. The number of benzene rings is 1. The van der Waals surface area contributed by atoms with Crippen LogP contribution in [0.1, 0.15) is 0 Å². The number of fused-ring (bicyclic) bond motifs is 1. The number of nitrogens with one attached hydrogen (secondary N) is 1. The predicted octanol–water partition coefficient (Wildman–Crippen LogP) is 2.66. The molecule has 21 heavy (non-hydrogen) atoms. The molecule has 0 aliphatic carbocycles. The molecule has 2 aliphatic rings. The summed E-state index contributed by atoms with van der Waals surface area (Å²) < 4.78 is 1.89. The maximum Gasteiger partial charge on any atom is 0.406 e. The average molecular weight is 302 g/mol. The number of hydrogen-bond donors (Lipinski definition) is 1. The lowest BCUT2D eigenvalue weighted by Gasteiger charge is -2.31. The van der Waals surface area contributed by atoms with Gasteiger partial charge in [-0.3, -0.25) is 0 Å². The molecule has 0 radical (unpaired) electrons. The van der Waals surface area contributed by atoms with E-state index in [1.807, 2.05) is 65.8 Å². The summed E-state index contributed by atoms with van der Waals surface area (Å²) in [5, 5.41) is 3.25. The smallest absolute Gasteiger partial charge is 0.363 e. The van der Waals surface area contributed by atoms with Crippen molar-refractivity contribution in [1.82, 2.24) is 4.98 Å². The number of rotatable bonds is 2. The minimum Gasteiger partial charge on any atom is -0.363 e. The molecule has 6 nitrogen and oxygen atoms in total. The molecule has 1 aromatic carbocycles. The summed E-state index contributed by atoms with van der Waals surface area (Å²) >= 11 is 1.54. The minimum absolute atomic E-state index is 0.769. The minimum atomic E-state index is -0.961. The van der Waals surface area contributed by atoms with Crippen LogP contribution < -0.4 is 14.5 Å². The number of aromatic nitrogens is 1. The van der Waals surface area contributed by atoms with Gasteiger partial charge in [-0.15, -0.1) is 9.78 Å². The summed E-state index contributed by atoms with van der Waals surface area (Å²) in [6, 6.07) is 12.9. The molecule has 0 amide bonds. The van der Waals surface area contributed by atoms with Crippen molar-refractivity contribution in [3.63, 3.8) is 0 Å². The molecule has 1 saturated heterocycles. The molecule has 0 unspecified atom stereocenters. The van der Waals surface area contributed by atoms with Gasteiger partial charge in [0.25, 0.3) is 0 Å². The summed E-state index contributed by atoms with van der Waals surface area (Å²) in [7, 11) is 3.92. The van der Waals surface area contributed by atoms with Gasteiger partial charge in [-0.25, -0.2) is 9.29 Å². The van der Waals surface area contributed by atoms with Crippen molar-refractivity contribution >= 4 is 29.3 Å². The second kappa shape index (κ2) is 4.52. The highest BCUT2D eigenvalue weighted by Crippen LogP contribution is 2.50. The van der Waals surface area contributed by atoms with Gasteiger partial charge in [-0.2, -0.15) is 0 Å². The lowest BCUT2D eigenvalue weighted by atomic mass is 10.3. The highest BCUT2D eigenvalue weighted by atomic mass is 32.2. The normalized spacial score (nSPS) is 18.1. The molecular formula is C14H14N4O2S. The summed E-state index contributed by atoms with van der Waals surface area (Å²) in [5.74, 6) is 1.65. The van der Waals surface area contributed by atoms with Crippen LogP contribution in [0.3, 0.4) is 0 Å². The molecule has 3 heterocycles. The second-order valence-electron chi connectivity index (χ2n) is 5.00. The standard InChI is InChI=1S/C14H14N4O2S/c1-17(2)12-8-5-9-13(15-12)18-14(19-20-14)16-10-6-3-4-7-11(10)21-18/h3-9,16H,1-2H3. The van der Waals surface area contributed by atoms with Crippen molar-refractivity contribution in [2.24, 2.45) is 0 Å². The van der Waals surface area contributed by atoms with E-state index in [2.05, 4.69) is 10.3 Å². The van der Waals surface area contributed by atoms with Gasteiger partial charge in [-0.05, 0) is 36.2 Å². The van der Waals surface area contributed by atoms with Crippen LogP contribution in [0.25, 0.3) is 0 Å². The van der Waals surface area contributed by atoms with E-state index < -0.39 is 6.03 Å². The van der Waals surface area contributed by atoms with Crippen LogP contribution in [0.5, 0.6) is 0 Å². The van der Waals surface area contributed by atoms with Gasteiger partial charge in [0.2, 0.25) is 0 Å². The van der Waals surface area contributed by atoms with Crippen molar-refractivity contribution in [1.29, 1.82) is 0 Å². The fourth-order valence-electron chi connectivity index (χ4n) is 2.15. The summed E-state index contributed by atoms with van der Waals surface area (Å²) in [5.41, 5.74) is 0.986. The second-order valence-corrected chi connectivity index (χ2v) is 5.99. The quantitative estimate of drug-likeness (QED) is 0.520. The van der Waals surface area contributed by atoms with Crippen LogP contribution in [0.4, 0.5) is 17.3 Å². The molecule has 1 spiro atoms. The van der Waals surface area contributed by atoms with Crippen molar-refractivity contribution in [2.75, 3.05) is 28.6 Å². The zero-order valence-electron chi connectivity index (χ0n) is 11.6. The van der Waals surface area contributed by atoms with Gasteiger partial charge >= 0.3 is 6.03 Å². The first-order chi connectivity index (χ1) is 10.2. The van der Waals surface area contributed by atoms with E-state index in [0.717, 1.165) is 22.2 Å². The SMILES string of the molecule is CN(C)c1cccc(N2Sc3ccccc3NC23OO3)n1. The number of pyridine rings is 1. The van der Waals surface area contributed by atoms with Crippen LogP contribution in [-0.2, 0) is 9.78 Å². The Morgan fingerprint density at radius 1 is 1.14 bits per heavy atom. The highest BCUT2D eigenvalue weighted by molar-refractivity contribution is 8.01. The van der Waals surface area contributed by atoms with Crippen LogP contribution >= 0.6 is 11.9 Å². The topological polar surface area (TPSA) is 56.5 Å². The highest BCUT2D eigenvalue weighted by Gasteiger charge is 2.59. The largest absolute Gasteiger partial charge is 0.406 e. The third-order valence-electron chi connectivity index (χ3n) is 3.26. The molecule has 1 aromatic heterocycles. The Labute approximate surface area is 126 Å². The van der Waals surface area contributed by atoms with E-state index in [1.165, 1.54) is 11.9 Å². The number of para-hydroxylation sites is 1. The van der Waals surface area contributed by atoms with E-state index in [0.29, 0.717) is 0 Å². The van der Waals surface area contributed by atoms with E-state index in [9.17, 15) is 0 Å². The monoisotopic (exact) mass is 302 g/mol.